The second-order valence-corrected chi connectivity index (χ2v) is 7.47. The second kappa shape index (κ2) is 6.83. The van der Waals surface area contributed by atoms with Crippen LogP contribution >= 0.6 is 0 Å². The molecule has 1 fully saturated rings. The molecule has 1 aliphatic heterocycles. The maximum Gasteiger partial charge on any atom is 0.410 e. The first kappa shape index (κ1) is 18.3. The Hall–Kier alpha value is -2.04. The van der Waals surface area contributed by atoms with Crippen molar-refractivity contribution in [2.45, 2.75) is 59.1 Å². The van der Waals surface area contributed by atoms with Crippen molar-refractivity contribution in [2.75, 3.05) is 18.5 Å². The molecule has 1 atom stereocenters. The van der Waals surface area contributed by atoms with E-state index in [4.69, 9.17) is 4.74 Å². The Morgan fingerprint density at radius 2 is 1.79 bits per heavy atom. The predicted octanol–water partition coefficient (Wildman–Crippen LogP) is 3.67. The summed E-state index contributed by atoms with van der Waals surface area (Å²) < 4.78 is 5.45. The van der Waals surface area contributed by atoms with Crippen molar-refractivity contribution in [3.8, 4) is 0 Å². The van der Waals surface area contributed by atoms with E-state index < -0.39 is 17.7 Å². The van der Waals surface area contributed by atoms with Crippen LogP contribution < -0.4 is 4.90 Å². The highest BCUT2D eigenvalue weighted by Crippen LogP contribution is 2.28. The van der Waals surface area contributed by atoms with Crippen LogP contribution in [0.3, 0.4) is 0 Å². The van der Waals surface area contributed by atoms with Crippen molar-refractivity contribution < 1.29 is 14.3 Å². The third-order valence-corrected chi connectivity index (χ3v) is 4.27. The summed E-state index contributed by atoms with van der Waals surface area (Å²) in [6, 6.07) is 5.51. The summed E-state index contributed by atoms with van der Waals surface area (Å²) in [6.07, 6.45) is 1.08. The molecule has 0 aromatic heterocycles. The Labute approximate surface area is 144 Å². The number of carbonyl (C=O) groups excluding carboxylic acids is 2. The SMILES string of the molecule is Cc1cccc(C)c1N(C)C(=O)[C@H]1CCCN1C(=O)OC(C)(C)C. The van der Waals surface area contributed by atoms with Gasteiger partial charge in [-0.1, -0.05) is 18.2 Å². The number of aryl methyl sites for hydroxylation is 2. The molecule has 5 nitrogen and oxygen atoms in total. The minimum Gasteiger partial charge on any atom is -0.444 e. The fourth-order valence-corrected chi connectivity index (χ4v) is 3.23. The highest BCUT2D eigenvalue weighted by atomic mass is 16.6. The van der Waals surface area contributed by atoms with Crippen LogP contribution in [-0.4, -0.2) is 42.1 Å². The van der Waals surface area contributed by atoms with Crippen molar-refractivity contribution in [1.82, 2.24) is 4.90 Å². The molecule has 0 aliphatic carbocycles. The predicted molar refractivity (Wildman–Crippen MR) is 95.3 cm³/mol. The standard InChI is InChI=1S/C19H28N2O3/c1-13-9-7-10-14(2)16(13)20(6)17(22)15-11-8-12-21(15)18(23)24-19(3,4)5/h7,9-10,15H,8,11-12H2,1-6H3/t15-/m1/s1. The molecule has 0 radical (unpaired) electrons. The van der Waals surface area contributed by atoms with Gasteiger partial charge in [0.05, 0.1) is 0 Å². The first-order valence-electron chi connectivity index (χ1n) is 8.45. The van der Waals surface area contributed by atoms with E-state index in [1.807, 2.05) is 52.8 Å². The highest BCUT2D eigenvalue weighted by Gasteiger charge is 2.38. The van der Waals surface area contributed by atoms with Crippen LogP contribution in [0.2, 0.25) is 0 Å². The largest absolute Gasteiger partial charge is 0.444 e. The summed E-state index contributed by atoms with van der Waals surface area (Å²) in [5.41, 5.74) is 2.45. The van der Waals surface area contributed by atoms with Gasteiger partial charge >= 0.3 is 6.09 Å². The van der Waals surface area contributed by atoms with E-state index in [0.717, 1.165) is 23.2 Å². The third kappa shape index (κ3) is 3.89. The monoisotopic (exact) mass is 332 g/mol. The minimum atomic E-state index is -0.564. The van der Waals surface area contributed by atoms with Crippen molar-refractivity contribution in [3.05, 3.63) is 29.3 Å². The molecule has 5 heteroatoms. The van der Waals surface area contributed by atoms with Gasteiger partial charge in [-0.3, -0.25) is 9.69 Å². The highest BCUT2D eigenvalue weighted by molar-refractivity contribution is 5.99. The molecule has 0 bridgehead atoms. The van der Waals surface area contributed by atoms with Gasteiger partial charge in [-0.25, -0.2) is 4.79 Å². The molecular weight excluding hydrogens is 304 g/mol. The van der Waals surface area contributed by atoms with Gasteiger partial charge in [0.1, 0.15) is 11.6 Å². The average molecular weight is 332 g/mol. The lowest BCUT2D eigenvalue weighted by molar-refractivity contribution is -0.122. The lowest BCUT2D eigenvalue weighted by Crippen LogP contribution is -2.48. The van der Waals surface area contributed by atoms with Crippen LogP contribution in [0, 0.1) is 13.8 Å². The Kier molecular flexibility index (Phi) is 5.21. The summed E-state index contributed by atoms with van der Waals surface area (Å²) >= 11 is 0. The van der Waals surface area contributed by atoms with Crippen molar-refractivity contribution >= 4 is 17.7 Å². The van der Waals surface area contributed by atoms with Crippen LogP contribution in [0.4, 0.5) is 10.5 Å². The van der Waals surface area contributed by atoms with Gasteiger partial charge in [-0.2, -0.15) is 0 Å². The molecule has 0 N–H and O–H groups in total. The number of anilines is 1. The van der Waals surface area contributed by atoms with Crippen LogP contribution in [0.25, 0.3) is 0 Å². The molecule has 1 aliphatic rings. The number of nitrogens with zero attached hydrogens (tertiary/aromatic N) is 2. The Morgan fingerprint density at radius 3 is 2.33 bits per heavy atom. The molecule has 0 unspecified atom stereocenters. The van der Waals surface area contributed by atoms with E-state index in [-0.39, 0.29) is 5.91 Å². The van der Waals surface area contributed by atoms with Gasteiger partial charge in [0.15, 0.2) is 0 Å². The Balaban J connectivity index is 2.20. The third-order valence-electron chi connectivity index (χ3n) is 4.27. The summed E-state index contributed by atoms with van der Waals surface area (Å²) in [5.74, 6) is -0.0595. The zero-order valence-corrected chi connectivity index (χ0v) is 15.5. The van der Waals surface area contributed by atoms with E-state index in [1.54, 1.807) is 16.8 Å². The minimum absolute atomic E-state index is 0.0595. The topological polar surface area (TPSA) is 49.9 Å². The number of para-hydroxylation sites is 1. The summed E-state index contributed by atoms with van der Waals surface area (Å²) in [5, 5.41) is 0. The number of hydrogen-bond donors (Lipinski definition) is 0. The number of benzene rings is 1. The molecule has 1 aromatic rings. The zero-order valence-electron chi connectivity index (χ0n) is 15.5. The summed E-state index contributed by atoms with van der Waals surface area (Å²) in [4.78, 5) is 28.7. The molecule has 2 rings (SSSR count). The molecular formula is C19H28N2O3. The normalized spacial score (nSPS) is 17.8. The van der Waals surface area contributed by atoms with Gasteiger partial charge in [0, 0.05) is 19.3 Å². The number of likely N-dealkylation sites (tertiary alicyclic amines) is 1. The lowest BCUT2D eigenvalue weighted by Gasteiger charge is -2.31. The number of hydrogen-bond acceptors (Lipinski definition) is 3. The molecule has 24 heavy (non-hydrogen) atoms. The van der Waals surface area contributed by atoms with E-state index in [2.05, 4.69) is 0 Å². The number of carbonyl (C=O) groups is 2. The number of ether oxygens (including phenoxy) is 1. The maximum absolute atomic E-state index is 13.0. The van der Waals surface area contributed by atoms with Crippen molar-refractivity contribution in [1.29, 1.82) is 0 Å². The first-order valence-corrected chi connectivity index (χ1v) is 8.45. The van der Waals surface area contributed by atoms with Crippen molar-refractivity contribution in [3.63, 3.8) is 0 Å². The van der Waals surface area contributed by atoms with Crippen LogP contribution in [0.5, 0.6) is 0 Å². The maximum atomic E-state index is 13.0. The molecule has 2 amide bonds. The number of amides is 2. The van der Waals surface area contributed by atoms with Crippen molar-refractivity contribution in [2.24, 2.45) is 0 Å². The van der Waals surface area contributed by atoms with Crippen LogP contribution in [-0.2, 0) is 9.53 Å². The molecule has 1 saturated heterocycles. The van der Waals surface area contributed by atoms with E-state index >= 15 is 0 Å². The molecule has 0 saturated carbocycles. The smallest absolute Gasteiger partial charge is 0.410 e. The molecule has 132 valence electrons. The molecule has 1 heterocycles. The number of rotatable bonds is 2. The number of likely N-dealkylation sites (N-methyl/N-ethyl adjacent to an activating group) is 1. The van der Waals surface area contributed by atoms with Gasteiger partial charge in [-0.15, -0.1) is 0 Å². The van der Waals surface area contributed by atoms with Gasteiger partial charge in [-0.05, 0) is 58.6 Å². The lowest BCUT2D eigenvalue weighted by atomic mass is 10.1. The summed E-state index contributed by atoms with van der Waals surface area (Å²) in [6.45, 7) is 10.0. The Morgan fingerprint density at radius 1 is 1.21 bits per heavy atom. The van der Waals surface area contributed by atoms with E-state index in [0.29, 0.717) is 13.0 Å². The Bertz CT molecular complexity index is 614. The van der Waals surface area contributed by atoms with E-state index in [9.17, 15) is 9.59 Å². The van der Waals surface area contributed by atoms with Gasteiger partial charge < -0.3 is 9.64 Å². The second-order valence-electron chi connectivity index (χ2n) is 7.47. The van der Waals surface area contributed by atoms with Crippen LogP contribution in [0.15, 0.2) is 18.2 Å². The van der Waals surface area contributed by atoms with E-state index in [1.165, 1.54) is 0 Å². The summed E-state index contributed by atoms with van der Waals surface area (Å²) in [7, 11) is 1.78. The fourth-order valence-electron chi connectivity index (χ4n) is 3.23. The molecule has 1 aromatic carbocycles. The van der Waals surface area contributed by atoms with Crippen LogP contribution in [0.1, 0.15) is 44.7 Å². The zero-order chi connectivity index (χ0) is 18.1. The quantitative estimate of drug-likeness (QED) is 0.830. The average Bonchev–Trinajstić information content (AvgIpc) is 2.93. The fraction of sp³-hybridized carbons (Fsp3) is 0.579. The first-order chi connectivity index (χ1) is 11.1. The van der Waals surface area contributed by atoms with Gasteiger partial charge in [0.25, 0.3) is 0 Å². The van der Waals surface area contributed by atoms with Gasteiger partial charge in [0.2, 0.25) is 5.91 Å². The molecule has 0 spiro atoms.